The summed E-state index contributed by atoms with van der Waals surface area (Å²) < 4.78 is 11.0. The minimum atomic E-state index is -0.190. The van der Waals surface area contributed by atoms with Crippen LogP contribution >= 0.6 is 11.8 Å². The number of carbonyl (C=O) groups excluding carboxylic acids is 1. The third-order valence-corrected chi connectivity index (χ3v) is 6.44. The third kappa shape index (κ3) is 5.32. The van der Waals surface area contributed by atoms with Gasteiger partial charge >= 0.3 is 0 Å². The van der Waals surface area contributed by atoms with Crippen molar-refractivity contribution in [2.45, 2.75) is 24.8 Å². The molecule has 1 aromatic heterocycles. The fraction of sp³-hybridized carbons (Fsp3) is 0.231. The maximum Gasteiger partial charge on any atom is 0.225 e. The first-order valence-corrected chi connectivity index (χ1v) is 12.1. The molecule has 0 unspecified atom stereocenters. The molecule has 0 saturated heterocycles. The molecule has 0 saturated carbocycles. The van der Waals surface area contributed by atoms with Crippen LogP contribution in [0.3, 0.4) is 0 Å². The lowest BCUT2D eigenvalue weighted by Crippen LogP contribution is -2.16. The SMILES string of the molecule is CCc1ccc(-c2c(C#N)c(N)nc(SCCC(=O)Nc3ccc4c(c3)OCCO4)c2C#N)cc1. The number of fused-ring (bicyclic) bond motifs is 1. The maximum atomic E-state index is 12.5. The second kappa shape index (κ2) is 10.8. The van der Waals surface area contributed by atoms with Crippen LogP contribution < -0.4 is 20.5 Å². The van der Waals surface area contributed by atoms with Crippen molar-refractivity contribution < 1.29 is 14.3 Å². The first-order valence-electron chi connectivity index (χ1n) is 11.1. The number of ether oxygens (including phenoxy) is 2. The van der Waals surface area contributed by atoms with Gasteiger partial charge in [-0.05, 0) is 29.7 Å². The molecule has 2 heterocycles. The van der Waals surface area contributed by atoms with Crippen LogP contribution in [-0.4, -0.2) is 29.9 Å². The summed E-state index contributed by atoms with van der Waals surface area (Å²) in [6.45, 7) is 3.02. The topological polar surface area (TPSA) is 134 Å². The Labute approximate surface area is 207 Å². The number of aromatic nitrogens is 1. The van der Waals surface area contributed by atoms with Gasteiger partial charge in [0, 0.05) is 29.5 Å². The monoisotopic (exact) mass is 485 g/mol. The Morgan fingerprint density at radius 1 is 1.09 bits per heavy atom. The number of nitrogens with zero attached hydrogens (tertiary/aromatic N) is 3. The van der Waals surface area contributed by atoms with Crippen LogP contribution in [0.5, 0.6) is 11.5 Å². The summed E-state index contributed by atoms with van der Waals surface area (Å²) in [6.07, 6.45) is 1.07. The van der Waals surface area contributed by atoms with E-state index >= 15 is 0 Å². The molecule has 0 aliphatic carbocycles. The average Bonchev–Trinajstić information content (AvgIpc) is 2.88. The van der Waals surface area contributed by atoms with E-state index in [9.17, 15) is 15.3 Å². The molecule has 1 aliphatic rings. The number of nitrogens with one attached hydrogen (secondary N) is 1. The summed E-state index contributed by atoms with van der Waals surface area (Å²) in [5, 5.41) is 22.8. The fourth-order valence-electron chi connectivity index (χ4n) is 3.68. The van der Waals surface area contributed by atoms with E-state index in [-0.39, 0.29) is 29.3 Å². The zero-order valence-corrected chi connectivity index (χ0v) is 19.9. The highest BCUT2D eigenvalue weighted by Gasteiger charge is 2.21. The number of benzene rings is 2. The van der Waals surface area contributed by atoms with Gasteiger partial charge in [-0.15, -0.1) is 11.8 Å². The summed E-state index contributed by atoms with van der Waals surface area (Å²) in [7, 11) is 0. The molecule has 3 aromatic rings. The molecule has 0 bridgehead atoms. The molecular weight excluding hydrogens is 462 g/mol. The van der Waals surface area contributed by atoms with Gasteiger partial charge in [0.1, 0.15) is 41.8 Å². The normalized spacial score (nSPS) is 11.9. The van der Waals surface area contributed by atoms with E-state index in [4.69, 9.17) is 15.2 Å². The number of anilines is 2. The molecule has 176 valence electrons. The zero-order valence-electron chi connectivity index (χ0n) is 19.1. The van der Waals surface area contributed by atoms with Gasteiger partial charge in [0.25, 0.3) is 0 Å². The van der Waals surface area contributed by atoms with Crippen LogP contribution in [0.4, 0.5) is 11.5 Å². The van der Waals surface area contributed by atoms with Gasteiger partial charge in [0.15, 0.2) is 11.5 Å². The van der Waals surface area contributed by atoms with Crippen LogP contribution in [0.2, 0.25) is 0 Å². The minimum absolute atomic E-state index is 0.0595. The second-order valence-corrected chi connectivity index (χ2v) is 8.79. The Morgan fingerprint density at radius 3 is 2.49 bits per heavy atom. The van der Waals surface area contributed by atoms with Gasteiger partial charge in [0.2, 0.25) is 5.91 Å². The second-order valence-electron chi connectivity index (χ2n) is 7.71. The average molecular weight is 486 g/mol. The Morgan fingerprint density at radius 2 is 1.80 bits per heavy atom. The van der Waals surface area contributed by atoms with Gasteiger partial charge in [0.05, 0.1) is 5.56 Å². The highest BCUT2D eigenvalue weighted by Crippen LogP contribution is 2.36. The lowest BCUT2D eigenvalue weighted by Gasteiger charge is -2.19. The van der Waals surface area contributed by atoms with E-state index in [0.717, 1.165) is 17.5 Å². The lowest BCUT2D eigenvalue weighted by atomic mass is 9.96. The molecular formula is C26H23N5O3S. The highest BCUT2D eigenvalue weighted by molar-refractivity contribution is 7.99. The molecule has 8 nitrogen and oxygen atoms in total. The van der Waals surface area contributed by atoms with Crippen molar-refractivity contribution in [3.8, 4) is 34.8 Å². The summed E-state index contributed by atoms with van der Waals surface area (Å²) >= 11 is 1.25. The minimum Gasteiger partial charge on any atom is -0.486 e. The number of aryl methyl sites for hydroxylation is 1. The van der Waals surface area contributed by atoms with E-state index in [1.165, 1.54) is 11.8 Å². The van der Waals surface area contributed by atoms with Crippen molar-refractivity contribution in [2.24, 2.45) is 0 Å². The Balaban J connectivity index is 1.49. The molecule has 3 N–H and O–H groups in total. The number of hydrogen-bond acceptors (Lipinski definition) is 8. The molecule has 35 heavy (non-hydrogen) atoms. The van der Waals surface area contributed by atoms with Crippen molar-refractivity contribution in [2.75, 3.05) is 30.0 Å². The number of carbonyl (C=O) groups is 1. The van der Waals surface area contributed by atoms with Crippen molar-refractivity contribution in [1.29, 1.82) is 10.5 Å². The van der Waals surface area contributed by atoms with E-state index in [1.54, 1.807) is 18.2 Å². The van der Waals surface area contributed by atoms with Crippen molar-refractivity contribution >= 4 is 29.2 Å². The summed E-state index contributed by atoms with van der Waals surface area (Å²) in [4.78, 5) is 16.8. The first kappa shape index (κ1) is 23.9. The van der Waals surface area contributed by atoms with Crippen LogP contribution in [-0.2, 0) is 11.2 Å². The number of amides is 1. The molecule has 0 spiro atoms. The predicted octanol–water partition coefficient (Wildman–Crippen LogP) is 4.53. The number of nitrogen functional groups attached to an aromatic ring is 1. The number of nitriles is 2. The van der Waals surface area contributed by atoms with Crippen LogP contribution in [0.25, 0.3) is 11.1 Å². The van der Waals surface area contributed by atoms with Gasteiger partial charge in [-0.25, -0.2) is 4.98 Å². The summed E-state index contributed by atoms with van der Waals surface area (Å²) in [6, 6.07) is 17.2. The van der Waals surface area contributed by atoms with Crippen molar-refractivity contribution in [3.63, 3.8) is 0 Å². The third-order valence-electron chi connectivity index (χ3n) is 5.46. The predicted molar refractivity (Wildman–Crippen MR) is 134 cm³/mol. The number of pyridine rings is 1. The van der Waals surface area contributed by atoms with E-state index in [0.29, 0.717) is 46.7 Å². The van der Waals surface area contributed by atoms with E-state index in [1.807, 2.05) is 24.3 Å². The Hall–Kier alpha value is -4.21. The van der Waals surface area contributed by atoms with Crippen molar-refractivity contribution in [3.05, 3.63) is 59.2 Å². The zero-order chi connectivity index (χ0) is 24.8. The molecule has 2 aromatic carbocycles. The molecule has 0 fully saturated rings. The largest absolute Gasteiger partial charge is 0.486 e. The number of thioether (sulfide) groups is 1. The van der Waals surface area contributed by atoms with Crippen LogP contribution in [0, 0.1) is 22.7 Å². The summed E-state index contributed by atoms with van der Waals surface area (Å²) in [5.74, 6) is 1.49. The van der Waals surface area contributed by atoms with Crippen LogP contribution in [0.15, 0.2) is 47.5 Å². The first-order chi connectivity index (χ1) is 17.0. The molecule has 4 rings (SSSR count). The van der Waals surface area contributed by atoms with Gasteiger partial charge < -0.3 is 20.5 Å². The van der Waals surface area contributed by atoms with Crippen molar-refractivity contribution in [1.82, 2.24) is 4.98 Å². The molecule has 1 aliphatic heterocycles. The quantitative estimate of drug-likeness (QED) is 0.466. The van der Waals surface area contributed by atoms with Gasteiger partial charge in [-0.1, -0.05) is 31.2 Å². The Kier molecular flexibility index (Phi) is 7.39. The maximum absolute atomic E-state index is 12.5. The standard InChI is InChI=1S/C26H23N5O3S/c1-2-16-3-5-17(6-4-16)24-19(14-27)25(29)31-26(20(24)15-28)35-12-9-23(32)30-18-7-8-21-22(13-18)34-11-10-33-21/h3-8,13H,2,9-12H2,1H3,(H2,29,31)(H,30,32). The number of rotatable bonds is 7. The molecule has 9 heteroatoms. The number of nitrogens with two attached hydrogens (primary N) is 1. The fourth-order valence-corrected chi connectivity index (χ4v) is 4.62. The molecule has 0 atom stereocenters. The lowest BCUT2D eigenvalue weighted by molar-refractivity contribution is -0.115. The highest BCUT2D eigenvalue weighted by atomic mass is 32.2. The van der Waals surface area contributed by atoms with E-state index < -0.39 is 0 Å². The molecule has 1 amide bonds. The smallest absolute Gasteiger partial charge is 0.225 e. The van der Waals surface area contributed by atoms with E-state index in [2.05, 4.69) is 29.4 Å². The Bertz CT molecular complexity index is 1340. The molecule has 0 radical (unpaired) electrons. The summed E-state index contributed by atoms with van der Waals surface area (Å²) in [5.41, 5.74) is 9.48. The number of hydrogen-bond donors (Lipinski definition) is 2. The van der Waals surface area contributed by atoms with Gasteiger partial charge in [-0.2, -0.15) is 10.5 Å². The van der Waals surface area contributed by atoms with Gasteiger partial charge in [-0.3, -0.25) is 4.79 Å². The van der Waals surface area contributed by atoms with Crippen LogP contribution in [0.1, 0.15) is 30.0 Å².